The third-order valence-corrected chi connectivity index (χ3v) is 4.17. The Kier molecular flexibility index (Phi) is 4.43. The van der Waals surface area contributed by atoms with Gasteiger partial charge in [-0.25, -0.2) is 0 Å². The predicted octanol–water partition coefficient (Wildman–Crippen LogP) is 4.63. The monoisotopic (exact) mass is 285 g/mol. The van der Waals surface area contributed by atoms with Crippen LogP contribution in [0.5, 0.6) is 0 Å². The molecule has 0 amide bonds. The van der Waals surface area contributed by atoms with E-state index in [2.05, 4.69) is 31.3 Å². The number of rotatable bonds is 4. The van der Waals surface area contributed by atoms with Gasteiger partial charge in [-0.05, 0) is 42.3 Å². The van der Waals surface area contributed by atoms with Gasteiger partial charge in [0.15, 0.2) is 0 Å². The van der Waals surface area contributed by atoms with Crippen LogP contribution in [-0.4, -0.2) is 12.7 Å². The molecule has 1 aromatic carbocycles. The Bertz CT molecular complexity index is 451. The summed E-state index contributed by atoms with van der Waals surface area (Å²) in [7, 11) is 0. The summed E-state index contributed by atoms with van der Waals surface area (Å²) in [6, 6.07) is 8.38. The molecule has 0 aliphatic heterocycles. The minimum Gasteiger partial charge on any atom is -0.309 e. The molecular formula is C16H22F3N. The molecule has 4 heteroatoms. The standard InChI is InChI=1S/C16H22F3N/c1-15(2)10-8-12-6-3-4-7-13(12)14(15)20-11-5-9-16(17,18)19/h3-4,6-7,14,20H,5,8-11H2,1-2H3. The summed E-state index contributed by atoms with van der Waals surface area (Å²) in [6.07, 6.45) is -2.53. The summed E-state index contributed by atoms with van der Waals surface area (Å²) in [4.78, 5) is 0. The van der Waals surface area contributed by atoms with Crippen LogP contribution in [0, 0.1) is 5.41 Å². The van der Waals surface area contributed by atoms with Crippen LogP contribution in [0.2, 0.25) is 0 Å². The molecule has 1 aromatic rings. The Hall–Kier alpha value is -1.03. The molecule has 0 aromatic heterocycles. The Morgan fingerprint density at radius 3 is 2.65 bits per heavy atom. The van der Waals surface area contributed by atoms with Gasteiger partial charge in [0.1, 0.15) is 0 Å². The number of nitrogens with one attached hydrogen (secondary N) is 1. The lowest BCUT2D eigenvalue weighted by Gasteiger charge is -2.40. The Morgan fingerprint density at radius 1 is 1.25 bits per heavy atom. The lowest BCUT2D eigenvalue weighted by Crippen LogP contribution is -2.38. The molecule has 1 aliphatic rings. The van der Waals surface area contributed by atoms with Crippen LogP contribution < -0.4 is 5.32 Å². The quantitative estimate of drug-likeness (QED) is 0.795. The number of alkyl halides is 3. The second kappa shape index (κ2) is 5.76. The number of hydrogen-bond acceptors (Lipinski definition) is 1. The van der Waals surface area contributed by atoms with Crippen molar-refractivity contribution in [2.24, 2.45) is 5.41 Å². The largest absolute Gasteiger partial charge is 0.389 e. The summed E-state index contributed by atoms with van der Waals surface area (Å²) < 4.78 is 36.6. The van der Waals surface area contributed by atoms with Gasteiger partial charge >= 0.3 is 6.18 Å². The molecule has 1 unspecified atom stereocenters. The molecule has 0 spiro atoms. The average molecular weight is 285 g/mol. The molecule has 1 atom stereocenters. The van der Waals surface area contributed by atoms with Gasteiger partial charge in [-0.2, -0.15) is 13.2 Å². The van der Waals surface area contributed by atoms with Gasteiger partial charge in [-0.15, -0.1) is 0 Å². The van der Waals surface area contributed by atoms with E-state index in [0.29, 0.717) is 6.54 Å². The van der Waals surface area contributed by atoms with Crippen molar-refractivity contribution in [1.29, 1.82) is 0 Å². The topological polar surface area (TPSA) is 12.0 Å². The third-order valence-electron chi connectivity index (χ3n) is 4.17. The maximum atomic E-state index is 12.2. The molecule has 0 saturated carbocycles. The van der Waals surface area contributed by atoms with Gasteiger partial charge in [0.05, 0.1) is 0 Å². The van der Waals surface area contributed by atoms with E-state index in [1.165, 1.54) is 11.1 Å². The number of benzene rings is 1. The Balaban J connectivity index is 2.01. The predicted molar refractivity (Wildman–Crippen MR) is 74.6 cm³/mol. The first-order chi connectivity index (χ1) is 9.30. The van der Waals surface area contributed by atoms with Crippen LogP contribution in [0.15, 0.2) is 24.3 Å². The number of aryl methyl sites for hydroxylation is 1. The number of hydrogen-bond donors (Lipinski definition) is 1. The van der Waals surface area contributed by atoms with Crippen molar-refractivity contribution < 1.29 is 13.2 Å². The fourth-order valence-corrected chi connectivity index (χ4v) is 2.99. The van der Waals surface area contributed by atoms with Gasteiger partial charge in [-0.3, -0.25) is 0 Å². The molecule has 0 saturated heterocycles. The smallest absolute Gasteiger partial charge is 0.309 e. The normalized spacial score (nSPS) is 21.6. The maximum absolute atomic E-state index is 12.2. The highest BCUT2D eigenvalue weighted by atomic mass is 19.4. The molecular weight excluding hydrogens is 263 g/mol. The van der Waals surface area contributed by atoms with Crippen molar-refractivity contribution in [2.75, 3.05) is 6.54 Å². The van der Waals surface area contributed by atoms with Gasteiger partial charge < -0.3 is 5.32 Å². The van der Waals surface area contributed by atoms with E-state index in [1.54, 1.807) is 0 Å². The van der Waals surface area contributed by atoms with Crippen LogP contribution in [0.3, 0.4) is 0 Å². The minimum atomic E-state index is -4.05. The van der Waals surface area contributed by atoms with E-state index in [1.807, 2.05) is 12.1 Å². The summed E-state index contributed by atoms with van der Waals surface area (Å²) in [5, 5.41) is 3.34. The summed E-state index contributed by atoms with van der Waals surface area (Å²) in [6.45, 7) is 4.77. The third kappa shape index (κ3) is 3.75. The second-order valence-electron chi connectivity index (χ2n) is 6.29. The molecule has 1 N–H and O–H groups in total. The molecule has 0 radical (unpaired) electrons. The van der Waals surface area contributed by atoms with Crippen molar-refractivity contribution in [3.05, 3.63) is 35.4 Å². The highest BCUT2D eigenvalue weighted by molar-refractivity contribution is 5.34. The average Bonchev–Trinajstić information content (AvgIpc) is 2.35. The van der Waals surface area contributed by atoms with Crippen molar-refractivity contribution in [3.63, 3.8) is 0 Å². The first-order valence-electron chi connectivity index (χ1n) is 7.17. The van der Waals surface area contributed by atoms with E-state index < -0.39 is 12.6 Å². The van der Waals surface area contributed by atoms with Crippen LogP contribution in [0.25, 0.3) is 0 Å². The molecule has 2 rings (SSSR count). The van der Waals surface area contributed by atoms with E-state index in [0.717, 1.165) is 12.8 Å². The summed E-state index contributed by atoms with van der Waals surface area (Å²) in [5.74, 6) is 0. The zero-order chi connectivity index (χ0) is 14.8. The molecule has 1 aliphatic carbocycles. The Labute approximate surface area is 118 Å². The zero-order valence-electron chi connectivity index (χ0n) is 12.1. The van der Waals surface area contributed by atoms with Crippen molar-refractivity contribution >= 4 is 0 Å². The highest BCUT2D eigenvalue weighted by Crippen LogP contribution is 2.43. The van der Waals surface area contributed by atoms with E-state index in [4.69, 9.17) is 0 Å². The SMILES string of the molecule is CC1(C)CCc2ccccc2C1NCCCC(F)(F)F. The van der Waals surface area contributed by atoms with Crippen molar-refractivity contribution in [1.82, 2.24) is 5.32 Å². The molecule has 1 nitrogen and oxygen atoms in total. The van der Waals surface area contributed by atoms with Crippen molar-refractivity contribution in [2.45, 2.75) is 51.7 Å². The summed E-state index contributed by atoms with van der Waals surface area (Å²) in [5.41, 5.74) is 2.64. The zero-order valence-corrected chi connectivity index (χ0v) is 12.1. The minimum absolute atomic E-state index is 0.0760. The fourth-order valence-electron chi connectivity index (χ4n) is 2.99. The number of fused-ring (bicyclic) bond motifs is 1. The molecule has 0 bridgehead atoms. The molecule has 0 fully saturated rings. The van der Waals surface area contributed by atoms with E-state index in [9.17, 15) is 13.2 Å². The second-order valence-corrected chi connectivity index (χ2v) is 6.29. The molecule has 112 valence electrons. The summed E-state index contributed by atoms with van der Waals surface area (Å²) >= 11 is 0. The van der Waals surface area contributed by atoms with Gasteiger partial charge in [-0.1, -0.05) is 38.1 Å². The lowest BCUT2D eigenvalue weighted by atomic mass is 9.70. The highest BCUT2D eigenvalue weighted by Gasteiger charge is 2.35. The van der Waals surface area contributed by atoms with E-state index in [-0.39, 0.29) is 17.9 Å². The van der Waals surface area contributed by atoms with Gasteiger partial charge in [0.25, 0.3) is 0 Å². The molecule has 0 heterocycles. The van der Waals surface area contributed by atoms with Gasteiger partial charge in [0.2, 0.25) is 0 Å². The lowest BCUT2D eigenvalue weighted by molar-refractivity contribution is -0.135. The van der Waals surface area contributed by atoms with Crippen LogP contribution >= 0.6 is 0 Å². The first-order valence-corrected chi connectivity index (χ1v) is 7.17. The maximum Gasteiger partial charge on any atom is 0.389 e. The van der Waals surface area contributed by atoms with E-state index >= 15 is 0 Å². The van der Waals surface area contributed by atoms with Crippen LogP contribution in [0.1, 0.15) is 50.3 Å². The molecule has 20 heavy (non-hydrogen) atoms. The van der Waals surface area contributed by atoms with Crippen molar-refractivity contribution in [3.8, 4) is 0 Å². The van der Waals surface area contributed by atoms with Crippen LogP contribution in [0.4, 0.5) is 13.2 Å². The Morgan fingerprint density at radius 2 is 1.95 bits per heavy atom. The fraction of sp³-hybridized carbons (Fsp3) is 0.625. The van der Waals surface area contributed by atoms with Crippen LogP contribution in [-0.2, 0) is 6.42 Å². The first kappa shape index (κ1) is 15.4. The van der Waals surface area contributed by atoms with Gasteiger partial charge in [0, 0.05) is 12.5 Å². The number of halogens is 3.